The maximum Gasteiger partial charge on any atom is 0.222 e. The molecular formula is C15H12N6. The molecule has 0 aliphatic heterocycles. The zero-order valence-electron chi connectivity index (χ0n) is 11.0. The Morgan fingerprint density at radius 2 is 1.52 bits per heavy atom. The van der Waals surface area contributed by atoms with Gasteiger partial charge in [0, 0.05) is 0 Å². The van der Waals surface area contributed by atoms with Crippen molar-refractivity contribution in [1.29, 1.82) is 0 Å². The van der Waals surface area contributed by atoms with Crippen LogP contribution in [0.2, 0.25) is 0 Å². The van der Waals surface area contributed by atoms with E-state index >= 15 is 0 Å². The number of aromatic nitrogens is 4. The van der Waals surface area contributed by atoms with Crippen molar-refractivity contribution in [2.24, 2.45) is 5.10 Å². The molecule has 102 valence electrons. The average molecular weight is 276 g/mol. The van der Waals surface area contributed by atoms with E-state index in [2.05, 4.69) is 30.5 Å². The molecule has 4 rings (SSSR count). The van der Waals surface area contributed by atoms with Crippen LogP contribution in [0.5, 0.6) is 0 Å². The summed E-state index contributed by atoms with van der Waals surface area (Å²) in [4.78, 5) is 15.1. The first-order chi connectivity index (χ1) is 10.4. The molecule has 2 heterocycles. The van der Waals surface area contributed by atoms with E-state index in [0.29, 0.717) is 11.8 Å². The Balaban J connectivity index is 1.55. The molecule has 0 saturated carbocycles. The molecule has 0 spiro atoms. The van der Waals surface area contributed by atoms with Gasteiger partial charge in [-0.3, -0.25) is 0 Å². The third-order valence-electron chi connectivity index (χ3n) is 3.15. The molecule has 0 bridgehead atoms. The van der Waals surface area contributed by atoms with E-state index in [-0.39, 0.29) is 0 Å². The molecule has 0 saturated heterocycles. The number of imidazole rings is 2. The molecule has 0 fully saturated rings. The van der Waals surface area contributed by atoms with Crippen molar-refractivity contribution in [3.8, 4) is 0 Å². The summed E-state index contributed by atoms with van der Waals surface area (Å²) in [6.07, 6.45) is 1.63. The van der Waals surface area contributed by atoms with E-state index in [1.807, 2.05) is 48.5 Å². The Bertz CT molecular complexity index is 867. The van der Waals surface area contributed by atoms with Crippen LogP contribution in [0.15, 0.2) is 53.6 Å². The molecule has 21 heavy (non-hydrogen) atoms. The summed E-state index contributed by atoms with van der Waals surface area (Å²) in [7, 11) is 0. The minimum absolute atomic E-state index is 0.601. The van der Waals surface area contributed by atoms with Gasteiger partial charge in [0.1, 0.15) is 0 Å². The summed E-state index contributed by atoms with van der Waals surface area (Å²) < 4.78 is 0. The average Bonchev–Trinajstić information content (AvgIpc) is 3.09. The van der Waals surface area contributed by atoms with Gasteiger partial charge in [-0.2, -0.15) is 5.10 Å². The van der Waals surface area contributed by atoms with Crippen LogP contribution in [0.1, 0.15) is 5.82 Å². The minimum atomic E-state index is 0.601. The highest BCUT2D eigenvalue weighted by atomic mass is 15.4. The Kier molecular flexibility index (Phi) is 2.64. The van der Waals surface area contributed by atoms with Crippen molar-refractivity contribution in [3.05, 3.63) is 54.4 Å². The number of hydrogen-bond acceptors (Lipinski definition) is 4. The Hall–Kier alpha value is -3.15. The van der Waals surface area contributed by atoms with Crippen LogP contribution in [0.25, 0.3) is 22.1 Å². The molecule has 0 atom stereocenters. The minimum Gasteiger partial charge on any atom is -0.337 e. The topological polar surface area (TPSA) is 81.8 Å². The van der Waals surface area contributed by atoms with Gasteiger partial charge >= 0.3 is 0 Å². The van der Waals surface area contributed by atoms with Crippen LogP contribution in [-0.4, -0.2) is 26.2 Å². The molecule has 2 aromatic heterocycles. The van der Waals surface area contributed by atoms with Gasteiger partial charge in [0.2, 0.25) is 5.95 Å². The SMILES string of the molecule is C(=N/Nc1nc2ccccc2[nH]1)/c1nc2ccccc2[nH]1. The van der Waals surface area contributed by atoms with Crippen molar-refractivity contribution < 1.29 is 0 Å². The molecule has 0 unspecified atom stereocenters. The number of anilines is 1. The standard InChI is InChI=1S/C15H12N6/c1-2-6-11-10(5-1)17-14(18-11)9-16-21-15-19-12-7-3-4-8-13(12)20-15/h1-9H,(H,17,18)(H2,19,20,21)/b16-9-. The van der Waals surface area contributed by atoms with Crippen LogP contribution < -0.4 is 5.43 Å². The highest BCUT2D eigenvalue weighted by Gasteiger charge is 2.00. The van der Waals surface area contributed by atoms with Gasteiger partial charge in [0.05, 0.1) is 28.3 Å². The largest absolute Gasteiger partial charge is 0.337 e. The third-order valence-corrected chi connectivity index (χ3v) is 3.15. The first-order valence-electron chi connectivity index (χ1n) is 6.57. The molecular weight excluding hydrogens is 264 g/mol. The summed E-state index contributed by atoms with van der Waals surface area (Å²) in [6, 6.07) is 15.7. The predicted molar refractivity (Wildman–Crippen MR) is 83.4 cm³/mol. The highest BCUT2D eigenvalue weighted by molar-refractivity contribution is 5.84. The number of fused-ring (bicyclic) bond motifs is 2. The highest BCUT2D eigenvalue weighted by Crippen LogP contribution is 2.13. The fourth-order valence-corrected chi connectivity index (χ4v) is 2.19. The summed E-state index contributed by atoms with van der Waals surface area (Å²) in [5.41, 5.74) is 6.65. The zero-order chi connectivity index (χ0) is 14.1. The third kappa shape index (κ3) is 2.23. The second-order valence-electron chi connectivity index (χ2n) is 4.61. The van der Waals surface area contributed by atoms with Crippen molar-refractivity contribution in [2.75, 3.05) is 5.43 Å². The first-order valence-corrected chi connectivity index (χ1v) is 6.57. The number of aromatic amines is 2. The molecule has 6 heteroatoms. The van der Waals surface area contributed by atoms with Crippen LogP contribution in [0.3, 0.4) is 0 Å². The Labute approximate surface area is 119 Å². The van der Waals surface area contributed by atoms with Gasteiger partial charge in [-0.1, -0.05) is 24.3 Å². The number of H-pyrrole nitrogens is 2. The Morgan fingerprint density at radius 1 is 0.857 bits per heavy atom. The molecule has 6 nitrogen and oxygen atoms in total. The van der Waals surface area contributed by atoms with E-state index in [9.17, 15) is 0 Å². The summed E-state index contributed by atoms with van der Waals surface area (Å²) >= 11 is 0. The number of nitrogens with one attached hydrogen (secondary N) is 3. The van der Waals surface area contributed by atoms with Crippen molar-refractivity contribution in [3.63, 3.8) is 0 Å². The van der Waals surface area contributed by atoms with Crippen LogP contribution in [-0.2, 0) is 0 Å². The van der Waals surface area contributed by atoms with Crippen LogP contribution in [0, 0.1) is 0 Å². The zero-order valence-corrected chi connectivity index (χ0v) is 11.0. The molecule has 4 aromatic rings. The lowest BCUT2D eigenvalue weighted by molar-refractivity contribution is 1.20. The number of para-hydroxylation sites is 4. The van der Waals surface area contributed by atoms with Crippen LogP contribution in [0.4, 0.5) is 5.95 Å². The van der Waals surface area contributed by atoms with Crippen molar-refractivity contribution >= 4 is 34.2 Å². The number of rotatable bonds is 3. The van der Waals surface area contributed by atoms with E-state index in [1.54, 1.807) is 6.21 Å². The summed E-state index contributed by atoms with van der Waals surface area (Å²) in [5, 5.41) is 4.14. The van der Waals surface area contributed by atoms with Crippen LogP contribution >= 0.6 is 0 Å². The van der Waals surface area contributed by atoms with Gasteiger partial charge in [-0.05, 0) is 24.3 Å². The number of benzene rings is 2. The molecule has 0 aliphatic carbocycles. The van der Waals surface area contributed by atoms with Gasteiger partial charge in [0.15, 0.2) is 5.82 Å². The van der Waals surface area contributed by atoms with Gasteiger partial charge in [-0.15, -0.1) is 0 Å². The lowest BCUT2D eigenvalue weighted by Crippen LogP contribution is -1.93. The van der Waals surface area contributed by atoms with Gasteiger partial charge in [-0.25, -0.2) is 15.4 Å². The van der Waals surface area contributed by atoms with Crippen molar-refractivity contribution in [1.82, 2.24) is 19.9 Å². The summed E-state index contributed by atoms with van der Waals surface area (Å²) in [6.45, 7) is 0. The monoisotopic (exact) mass is 276 g/mol. The lowest BCUT2D eigenvalue weighted by atomic mass is 10.3. The number of nitrogens with zero attached hydrogens (tertiary/aromatic N) is 3. The van der Waals surface area contributed by atoms with Gasteiger partial charge in [0.25, 0.3) is 0 Å². The summed E-state index contributed by atoms with van der Waals surface area (Å²) in [5.74, 6) is 1.29. The van der Waals surface area contributed by atoms with E-state index in [4.69, 9.17) is 0 Å². The van der Waals surface area contributed by atoms with Crippen molar-refractivity contribution in [2.45, 2.75) is 0 Å². The molecule has 2 aromatic carbocycles. The first kappa shape index (κ1) is 11.7. The smallest absolute Gasteiger partial charge is 0.222 e. The second-order valence-corrected chi connectivity index (χ2v) is 4.61. The predicted octanol–water partition coefficient (Wildman–Crippen LogP) is 2.89. The normalized spacial score (nSPS) is 11.6. The maximum atomic E-state index is 4.41. The maximum absolute atomic E-state index is 4.41. The molecule has 0 radical (unpaired) electrons. The quantitative estimate of drug-likeness (QED) is 0.397. The molecule has 0 aliphatic rings. The Morgan fingerprint density at radius 3 is 2.24 bits per heavy atom. The number of hydrazone groups is 1. The van der Waals surface area contributed by atoms with Gasteiger partial charge < -0.3 is 9.97 Å². The number of hydrogen-bond donors (Lipinski definition) is 3. The lowest BCUT2D eigenvalue weighted by Gasteiger charge is -1.91. The second kappa shape index (κ2) is 4.75. The fraction of sp³-hybridized carbons (Fsp3) is 0. The molecule has 0 amide bonds. The van der Waals surface area contributed by atoms with E-state index in [0.717, 1.165) is 22.1 Å². The molecule has 3 N–H and O–H groups in total. The van der Waals surface area contributed by atoms with E-state index < -0.39 is 0 Å². The van der Waals surface area contributed by atoms with E-state index in [1.165, 1.54) is 0 Å². The fourth-order valence-electron chi connectivity index (χ4n) is 2.19.